The fraction of sp³-hybridized carbons (Fsp3) is 0.800. The lowest BCUT2D eigenvalue weighted by Crippen LogP contribution is -2.44. The van der Waals surface area contributed by atoms with Crippen LogP contribution in [-0.2, 0) is 19.1 Å². The Balaban J connectivity index is 1.80. The molecule has 6 heteroatoms. The number of nitrogens with one attached hydrogen (secondary N) is 2. The summed E-state index contributed by atoms with van der Waals surface area (Å²) in [5, 5.41) is 0. The Morgan fingerprint density at radius 3 is 2.44 bits per heavy atom. The topological polar surface area (TPSA) is 76.7 Å². The van der Waals surface area contributed by atoms with Crippen LogP contribution in [0.2, 0.25) is 0 Å². The molecule has 16 heavy (non-hydrogen) atoms. The molecule has 6 nitrogen and oxygen atoms in total. The summed E-state index contributed by atoms with van der Waals surface area (Å²) in [6.45, 7) is 1.28. The number of ether oxygens (including phenoxy) is 2. The minimum Gasteiger partial charge on any atom is -0.348 e. The maximum Gasteiger partial charge on any atom is 0.241 e. The van der Waals surface area contributed by atoms with Gasteiger partial charge in [-0.15, -0.1) is 0 Å². The van der Waals surface area contributed by atoms with Crippen LogP contribution in [0.25, 0.3) is 0 Å². The summed E-state index contributed by atoms with van der Waals surface area (Å²) in [6.07, 6.45) is 3.39. The van der Waals surface area contributed by atoms with Gasteiger partial charge in [0.2, 0.25) is 12.3 Å². The fourth-order valence-electron chi connectivity index (χ4n) is 2.31. The zero-order valence-electron chi connectivity index (χ0n) is 9.03. The zero-order chi connectivity index (χ0) is 11.4. The predicted octanol–water partition coefficient (Wildman–Crippen LogP) is -0.303. The molecule has 1 saturated carbocycles. The molecule has 0 unspecified atom stereocenters. The quantitative estimate of drug-likeness (QED) is 0.513. The average molecular weight is 228 g/mol. The van der Waals surface area contributed by atoms with E-state index in [-0.39, 0.29) is 11.8 Å². The van der Waals surface area contributed by atoms with E-state index in [0.717, 1.165) is 25.7 Å². The molecule has 2 fully saturated rings. The van der Waals surface area contributed by atoms with E-state index in [9.17, 15) is 9.59 Å². The third-order valence-electron chi connectivity index (χ3n) is 3.19. The summed E-state index contributed by atoms with van der Waals surface area (Å²) < 4.78 is 11.1. The van der Waals surface area contributed by atoms with Crippen LogP contribution < -0.4 is 10.9 Å². The summed E-state index contributed by atoms with van der Waals surface area (Å²) in [5.41, 5.74) is 4.51. The zero-order valence-corrected chi connectivity index (χ0v) is 9.03. The highest BCUT2D eigenvalue weighted by Crippen LogP contribution is 2.38. The molecule has 2 aliphatic rings. The van der Waals surface area contributed by atoms with Crippen LogP contribution in [0.15, 0.2) is 0 Å². The van der Waals surface area contributed by atoms with Crippen molar-refractivity contribution in [1.82, 2.24) is 10.9 Å². The normalized spacial score (nSPS) is 24.2. The van der Waals surface area contributed by atoms with Gasteiger partial charge in [-0.3, -0.25) is 20.4 Å². The van der Waals surface area contributed by atoms with Gasteiger partial charge in [0, 0.05) is 18.8 Å². The fourth-order valence-corrected chi connectivity index (χ4v) is 2.31. The number of hydrogen-bond acceptors (Lipinski definition) is 4. The second-order valence-electron chi connectivity index (χ2n) is 4.13. The van der Waals surface area contributed by atoms with Crippen molar-refractivity contribution in [3.8, 4) is 0 Å². The monoisotopic (exact) mass is 228 g/mol. The van der Waals surface area contributed by atoms with Crippen LogP contribution in [-0.4, -0.2) is 31.3 Å². The number of rotatable bonds is 3. The van der Waals surface area contributed by atoms with Gasteiger partial charge in [-0.05, 0) is 12.8 Å². The number of hydrogen-bond donors (Lipinski definition) is 2. The first-order valence-electron chi connectivity index (χ1n) is 5.53. The predicted molar refractivity (Wildman–Crippen MR) is 53.9 cm³/mol. The molecule has 0 bridgehead atoms. The second kappa shape index (κ2) is 4.80. The molecule has 2 N–H and O–H groups in total. The smallest absolute Gasteiger partial charge is 0.241 e. The van der Waals surface area contributed by atoms with Crippen LogP contribution in [0.1, 0.15) is 25.7 Å². The SMILES string of the molecule is O=CNNC(=O)C1CCC2(CC1)OCCO2. The lowest BCUT2D eigenvalue weighted by atomic mass is 9.84. The van der Waals surface area contributed by atoms with E-state index < -0.39 is 5.79 Å². The first-order valence-corrected chi connectivity index (χ1v) is 5.53. The standard InChI is InChI=1S/C10H16N2O4/c13-7-11-12-9(14)8-1-3-10(4-2-8)15-5-6-16-10/h7-8H,1-6H2,(H,11,13)(H,12,14). The third-order valence-corrected chi connectivity index (χ3v) is 3.19. The van der Waals surface area contributed by atoms with Gasteiger partial charge in [-0.2, -0.15) is 0 Å². The summed E-state index contributed by atoms with van der Waals surface area (Å²) in [4.78, 5) is 21.6. The van der Waals surface area contributed by atoms with Gasteiger partial charge in [-0.25, -0.2) is 0 Å². The highest BCUT2D eigenvalue weighted by atomic mass is 16.7. The minimum atomic E-state index is -0.436. The van der Waals surface area contributed by atoms with E-state index in [1.807, 2.05) is 0 Å². The van der Waals surface area contributed by atoms with Crippen molar-refractivity contribution >= 4 is 12.3 Å². The molecule has 0 aromatic rings. The number of amides is 2. The molecule has 0 aromatic carbocycles. The van der Waals surface area contributed by atoms with Crippen molar-refractivity contribution in [2.75, 3.05) is 13.2 Å². The van der Waals surface area contributed by atoms with Crippen molar-refractivity contribution in [2.45, 2.75) is 31.5 Å². The molecule has 0 atom stereocenters. The van der Waals surface area contributed by atoms with Crippen molar-refractivity contribution in [3.63, 3.8) is 0 Å². The van der Waals surface area contributed by atoms with Gasteiger partial charge in [0.05, 0.1) is 13.2 Å². The lowest BCUT2D eigenvalue weighted by Gasteiger charge is -2.34. The van der Waals surface area contributed by atoms with Crippen molar-refractivity contribution in [1.29, 1.82) is 0 Å². The van der Waals surface area contributed by atoms with E-state index in [1.165, 1.54) is 0 Å². The van der Waals surface area contributed by atoms with Crippen molar-refractivity contribution in [2.24, 2.45) is 5.92 Å². The average Bonchev–Trinajstić information content (AvgIpc) is 2.75. The molecule has 1 spiro atoms. The molecular weight excluding hydrogens is 212 g/mol. The molecule has 2 amide bonds. The summed E-state index contributed by atoms with van der Waals surface area (Å²) >= 11 is 0. The summed E-state index contributed by atoms with van der Waals surface area (Å²) in [7, 11) is 0. The molecule has 1 heterocycles. The Bertz CT molecular complexity index is 266. The van der Waals surface area contributed by atoms with E-state index >= 15 is 0 Å². The Hall–Kier alpha value is -1.14. The number of hydrazine groups is 1. The van der Waals surface area contributed by atoms with E-state index in [4.69, 9.17) is 9.47 Å². The minimum absolute atomic E-state index is 0.0640. The van der Waals surface area contributed by atoms with Crippen molar-refractivity contribution < 1.29 is 19.1 Å². The van der Waals surface area contributed by atoms with Crippen LogP contribution in [0.4, 0.5) is 0 Å². The molecule has 2 rings (SSSR count). The van der Waals surface area contributed by atoms with Gasteiger partial charge in [0.25, 0.3) is 0 Å². The largest absolute Gasteiger partial charge is 0.348 e. The van der Waals surface area contributed by atoms with Gasteiger partial charge < -0.3 is 9.47 Å². The van der Waals surface area contributed by atoms with Gasteiger partial charge in [-0.1, -0.05) is 0 Å². The van der Waals surface area contributed by atoms with Crippen LogP contribution in [0.5, 0.6) is 0 Å². The number of carbonyl (C=O) groups excluding carboxylic acids is 2. The maximum atomic E-state index is 11.5. The van der Waals surface area contributed by atoms with Crippen LogP contribution in [0.3, 0.4) is 0 Å². The Morgan fingerprint density at radius 1 is 1.25 bits per heavy atom. The first-order chi connectivity index (χ1) is 7.76. The van der Waals surface area contributed by atoms with E-state index in [2.05, 4.69) is 10.9 Å². The summed E-state index contributed by atoms with van der Waals surface area (Å²) in [5.74, 6) is -0.639. The molecule has 1 saturated heterocycles. The van der Waals surface area contributed by atoms with E-state index in [1.54, 1.807) is 0 Å². The van der Waals surface area contributed by atoms with Crippen molar-refractivity contribution in [3.05, 3.63) is 0 Å². The van der Waals surface area contributed by atoms with Gasteiger partial charge >= 0.3 is 0 Å². The van der Waals surface area contributed by atoms with Gasteiger partial charge in [0.1, 0.15) is 0 Å². The molecule has 0 aromatic heterocycles. The van der Waals surface area contributed by atoms with Crippen LogP contribution in [0, 0.1) is 5.92 Å². The Morgan fingerprint density at radius 2 is 1.88 bits per heavy atom. The molecule has 1 aliphatic heterocycles. The highest BCUT2D eigenvalue weighted by molar-refractivity contribution is 5.79. The molecule has 1 aliphatic carbocycles. The second-order valence-corrected chi connectivity index (χ2v) is 4.13. The molecule has 90 valence electrons. The molecular formula is C10H16N2O4. The third kappa shape index (κ3) is 2.33. The van der Waals surface area contributed by atoms with Crippen LogP contribution >= 0.6 is 0 Å². The Kier molecular flexibility index (Phi) is 3.40. The Labute approximate surface area is 93.6 Å². The lowest BCUT2D eigenvalue weighted by molar-refractivity contribution is -0.183. The summed E-state index contributed by atoms with van der Waals surface area (Å²) in [6, 6.07) is 0. The molecule has 0 radical (unpaired) electrons. The number of carbonyl (C=O) groups is 2. The maximum absolute atomic E-state index is 11.5. The van der Waals surface area contributed by atoms with E-state index in [0.29, 0.717) is 19.6 Å². The highest BCUT2D eigenvalue weighted by Gasteiger charge is 2.41. The first kappa shape index (κ1) is 11.3. The van der Waals surface area contributed by atoms with Gasteiger partial charge in [0.15, 0.2) is 5.79 Å².